The maximum atomic E-state index is 5.49. The zero-order valence-corrected chi connectivity index (χ0v) is 5.83. The molecule has 2 nitrogen and oxygen atoms in total. The Balaban J connectivity index is 2.84. The van der Waals surface area contributed by atoms with E-state index >= 15 is 0 Å². The molecule has 0 aliphatic carbocycles. The summed E-state index contributed by atoms with van der Waals surface area (Å²) in [7, 11) is 1.71. The molecule has 0 N–H and O–H groups in total. The van der Waals surface area contributed by atoms with Gasteiger partial charge in [-0.05, 0) is 0 Å². The van der Waals surface area contributed by atoms with Crippen LogP contribution in [0.4, 0.5) is 5.00 Å². The fourth-order valence-corrected chi connectivity index (χ4v) is 1.11. The average molecular weight is 148 g/mol. The van der Waals surface area contributed by atoms with Gasteiger partial charge in [0.25, 0.3) is 0 Å². The molecule has 4 heteroatoms. The van der Waals surface area contributed by atoms with E-state index in [0.29, 0.717) is 4.47 Å². The van der Waals surface area contributed by atoms with Crippen LogP contribution in [0.25, 0.3) is 0 Å². The van der Waals surface area contributed by atoms with Gasteiger partial charge in [0.1, 0.15) is 5.00 Å². The Labute approximate surface area is 56.5 Å². The molecular weight excluding hydrogens is 144 g/mol. The maximum absolute atomic E-state index is 5.49. The number of thiazole rings is 1. The molecule has 0 saturated carbocycles. The highest BCUT2D eigenvalue weighted by Crippen LogP contribution is 2.21. The molecule has 0 amide bonds. The Morgan fingerprint density at radius 2 is 2.62 bits per heavy atom. The topological polar surface area (TPSA) is 27.0 Å². The van der Waals surface area contributed by atoms with Crippen LogP contribution in [0.3, 0.4) is 0 Å². The van der Waals surface area contributed by atoms with Gasteiger partial charge in [0.2, 0.25) is 0 Å². The smallest absolute Gasteiger partial charge is 0.185 e. The van der Waals surface area contributed by atoms with Crippen LogP contribution in [0, 0.1) is 0 Å². The minimum absolute atomic E-state index is 0.547. The van der Waals surface area contributed by atoms with Gasteiger partial charge in [-0.25, -0.2) is 4.98 Å². The van der Waals surface area contributed by atoms with Gasteiger partial charge >= 0.3 is 0 Å². The van der Waals surface area contributed by atoms with Gasteiger partial charge in [-0.3, -0.25) is 5.32 Å². The summed E-state index contributed by atoms with van der Waals surface area (Å²) in [4.78, 5) is 3.78. The van der Waals surface area contributed by atoms with Gasteiger partial charge in [-0.15, -0.1) is 0 Å². The molecule has 8 heavy (non-hydrogen) atoms. The quantitative estimate of drug-likeness (QED) is 0.594. The fraction of sp³-hybridized carbons (Fsp3) is 0.250. The van der Waals surface area contributed by atoms with E-state index in [-0.39, 0.29) is 0 Å². The highest BCUT2D eigenvalue weighted by molar-refractivity contribution is 7.19. The third-order valence-electron chi connectivity index (χ3n) is 0.686. The number of nitrogens with zero attached hydrogens (tertiary/aromatic N) is 2. The zero-order valence-electron chi connectivity index (χ0n) is 4.26. The van der Waals surface area contributed by atoms with Crippen molar-refractivity contribution in [3.63, 3.8) is 0 Å². The number of hydrogen-bond acceptors (Lipinski definition) is 2. The molecule has 0 unspecified atom stereocenters. The third-order valence-corrected chi connectivity index (χ3v) is 1.79. The first kappa shape index (κ1) is 5.85. The molecule has 0 atom stereocenters. The first-order valence-corrected chi connectivity index (χ1v) is 3.23. The van der Waals surface area contributed by atoms with Crippen molar-refractivity contribution in [1.82, 2.24) is 10.3 Å². The lowest BCUT2D eigenvalue weighted by Crippen LogP contribution is -1.78. The molecule has 0 saturated heterocycles. The van der Waals surface area contributed by atoms with E-state index in [1.807, 2.05) is 0 Å². The van der Waals surface area contributed by atoms with Crippen LogP contribution in [0.1, 0.15) is 0 Å². The van der Waals surface area contributed by atoms with Crippen molar-refractivity contribution in [2.45, 2.75) is 0 Å². The standard InChI is InChI=1S/C4H4ClN2S/c1-6-3-2-7-4(5)8-3/h2H,1H3. The molecule has 1 heterocycles. The summed E-state index contributed by atoms with van der Waals surface area (Å²) in [6, 6.07) is 0. The summed E-state index contributed by atoms with van der Waals surface area (Å²) < 4.78 is 0.547. The largest absolute Gasteiger partial charge is 0.276 e. The van der Waals surface area contributed by atoms with Gasteiger partial charge in [-0.2, -0.15) is 0 Å². The number of rotatable bonds is 1. The first-order chi connectivity index (χ1) is 3.83. The lowest BCUT2D eigenvalue weighted by atomic mass is 10.8. The van der Waals surface area contributed by atoms with Crippen LogP contribution in [-0.4, -0.2) is 12.0 Å². The third kappa shape index (κ3) is 1.11. The highest BCUT2D eigenvalue weighted by Gasteiger charge is 1.94. The van der Waals surface area contributed by atoms with E-state index in [9.17, 15) is 0 Å². The molecular formula is C4H4ClN2S. The van der Waals surface area contributed by atoms with E-state index in [0.717, 1.165) is 5.00 Å². The van der Waals surface area contributed by atoms with Crippen LogP contribution in [0.2, 0.25) is 4.47 Å². The lowest BCUT2D eigenvalue weighted by molar-refractivity contribution is 1.11. The average Bonchev–Trinajstić information content (AvgIpc) is 2.14. The second kappa shape index (κ2) is 2.33. The maximum Gasteiger partial charge on any atom is 0.185 e. The lowest BCUT2D eigenvalue weighted by Gasteiger charge is -1.80. The van der Waals surface area contributed by atoms with Crippen LogP contribution in [0.5, 0.6) is 0 Å². The summed E-state index contributed by atoms with van der Waals surface area (Å²) in [5.74, 6) is 0. The van der Waals surface area contributed by atoms with Crippen molar-refractivity contribution < 1.29 is 0 Å². The molecule has 0 bridgehead atoms. The summed E-state index contributed by atoms with van der Waals surface area (Å²) in [5, 5.41) is 4.73. The Hall–Kier alpha value is -0.280. The Kier molecular flexibility index (Phi) is 1.70. The van der Waals surface area contributed by atoms with Crippen molar-refractivity contribution in [2.24, 2.45) is 0 Å². The minimum atomic E-state index is 0.547. The van der Waals surface area contributed by atoms with E-state index in [1.165, 1.54) is 11.3 Å². The van der Waals surface area contributed by atoms with Gasteiger partial charge in [0.15, 0.2) is 4.47 Å². The van der Waals surface area contributed by atoms with Crippen molar-refractivity contribution in [1.29, 1.82) is 0 Å². The van der Waals surface area contributed by atoms with Crippen molar-refractivity contribution in [3.05, 3.63) is 10.7 Å². The molecule has 1 aromatic heterocycles. The summed E-state index contributed by atoms with van der Waals surface area (Å²) in [5.41, 5.74) is 0. The molecule has 1 radical (unpaired) electrons. The molecule has 43 valence electrons. The Bertz CT molecular complexity index is 174. The molecule has 0 spiro atoms. The van der Waals surface area contributed by atoms with Crippen molar-refractivity contribution in [2.75, 3.05) is 7.05 Å². The molecule has 1 rings (SSSR count). The van der Waals surface area contributed by atoms with Crippen molar-refractivity contribution in [3.8, 4) is 0 Å². The van der Waals surface area contributed by atoms with E-state index in [2.05, 4.69) is 10.3 Å². The SMILES string of the molecule is C[N]c1cnc(Cl)s1. The number of halogens is 1. The normalized spacial score (nSPS) is 9.25. The van der Waals surface area contributed by atoms with Gasteiger partial charge in [0, 0.05) is 7.05 Å². The minimum Gasteiger partial charge on any atom is -0.276 e. The Morgan fingerprint density at radius 3 is 2.88 bits per heavy atom. The molecule has 1 aromatic rings. The number of hydrogen-bond donors (Lipinski definition) is 0. The molecule has 0 aliphatic rings. The second-order valence-corrected chi connectivity index (χ2v) is 2.77. The van der Waals surface area contributed by atoms with Crippen LogP contribution < -0.4 is 5.32 Å². The van der Waals surface area contributed by atoms with Crippen LogP contribution in [-0.2, 0) is 0 Å². The first-order valence-electron chi connectivity index (χ1n) is 2.04. The van der Waals surface area contributed by atoms with Crippen LogP contribution >= 0.6 is 22.9 Å². The second-order valence-electron chi connectivity index (χ2n) is 1.18. The molecule has 0 aromatic carbocycles. The molecule has 0 fully saturated rings. The summed E-state index contributed by atoms with van der Waals surface area (Å²) >= 11 is 6.86. The van der Waals surface area contributed by atoms with Gasteiger partial charge in [0.05, 0.1) is 6.20 Å². The van der Waals surface area contributed by atoms with E-state index < -0.39 is 0 Å². The van der Waals surface area contributed by atoms with E-state index in [1.54, 1.807) is 13.2 Å². The zero-order chi connectivity index (χ0) is 5.98. The number of aromatic nitrogens is 1. The monoisotopic (exact) mass is 147 g/mol. The van der Waals surface area contributed by atoms with Gasteiger partial charge < -0.3 is 0 Å². The Morgan fingerprint density at radius 1 is 1.88 bits per heavy atom. The summed E-state index contributed by atoms with van der Waals surface area (Å²) in [6.07, 6.45) is 1.65. The van der Waals surface area contributed by atoms with Crippen LogP contribution in [0.15, 0.2) is 6.20 Å². The van der Waals surface area contributed by atoms with Crippen molar-refractivity contribution >= 4 is 27.9 Å². The fourth-order valence-electron chi connectivity index (χ4n) is 0.348. The highest BCUT2D eigenvalue weighted by atomic mass is 35.5. The van der Waals surface area contributed by atoms with Gasteiger partial charge in [-0.1, -0.05) is 22.9 Å². The predicted molar refractivity (Wildman–Crippen MR) is 34.8 cm³/mol. The predicted octanol–water partition coefficient (Wildman–Crippen LogP) is 1.66. The van der Waals surface area contributed by atoms with E-state index in [4.69, 9.17) is 11.6 Å². The summed E-state index contributed by atoms with van der Waals surface area (Å²) in [6.45, 7) is 0. The molecule has 0 aliphatic heterocycles.